The highest BCUT2D eigenvalue weighted by molar-refractivity contribution is 7.15. The van der Waals surface area contributed by atoms with Gasteiger partial charge in [0.2, 0.25) is 4.96 Å². The molecule has 5 rings (SSSR count). The Morgan fingerprint density at radius 1 is 1.03 bits per heavy atom. The van der Waals surface area contributed by atoms with E-state index in [0.717, 1.165) is 11.1 Å². The van der Waals surface area contributed by atoms with Crippen molar-refractivity contribution in [1.82, 2.24) is 14.6 Å². The Labute approximate surface area is 191 Å². The first-order valence-electron chi connectivity index (χ1n) is 10.0. The van der Waals surface area contributed by atoms with E-state index in [4.69, 9.17) is 9.15 Å². The number of hydrogen-bond acceptors (Lipinski definition) is 7. The zero-order valence-corrected chi connectivity index (χ0v) is 18.3. The van der Waals surface area contributed by atoms with E-state index in [1.54, 1.807) is 42.5 Å². The van der Waals surface area contributed by atoms with Gasteiger partial charge in [-0.1, -0.05) is 59.9 Å². The first-order chi connectivity index (χ1) is 16.1. The van der Waals surface area contributed by atoms with Crippen molar-refractivity contribution in [3.05, 3.63) is 104 Å². The van der Waals surface area contributed by atoms with Gasteiger partial charge >= 0.3 is 5.97 Å². The SMILES string of the molecule is COC(=O)c1ccc(-c2ccc(C=c3sc4nc(C=Cc5ccccc5)nn4c3=O)o2)cc1. The summed E-state index contributed by atoms with van der Waals surface area (Å²) in [6.45, 7) is 0. The van der Waals surface area contributed by atoms with Gasteiger partial charge in [0.1, 0.15) is 16.1 Å². The fraction of sp³-hybridized carbons (Fsp3) is 0.0400. The number of methoxy groups -OCH3 is 1. The topological polar surface area (TPSA) is 86.7 Å². The summed E-state index contributed by atoms with van der Waals surface area (Å²) in [6, 6.07) is 20.3. The van der Waals surface area contributed by atoms with Crippen LogP contribution in [-0.2, 0) is 4.74 Å². The minimum atomic E-state index is -0.395. The summed E-state index contributed by atoms with van der Waals surface area (Å²) < 4.78 is 12.4. The molecule has 0 amide bonds. The highest BCUT2D eigenvalue weighted by Gasteiger charge is 2.11. The van der Waals surface area contributed by atoms with Gasteiger partial charge in [0.15, 0.2) is 5.82 Å². The molecule has 162 valence electrons. The van der Waals surface area contributed by atoms with Crippen LogP contribution in [0.4, 0.5) is 0 Å². The summed E-state index contributed by atoms with van der Waals surface area (Å²) in [6.07, 6.45) is 5.36. The summed E-state index contributed by atoms with van der Waals surface area (Å²) in [5.41, 5.74) is 2.05. The molecule has 3 heterocycles. The van der Waals surface area contributed by atoms with Gasteiger partial charge in [-0.2, -0.15) is 9.50 Å². The molecule has 0 aliphatic rings. The number of furan rings is 1. The molecule has 5 aromatic rings. The predicted octanol–water partition coefficient (Wildman–Crippen LogP) is 3.92. The molecule has 0 bridgehead atoms. The van der Waals surface area contributed by atoms with Crippen molar-refractivity contribution in [3.8, 4) is 11.3 Å². The Morgan fingerprint density at radius 3 is 2.55 bits per heavy atom. The van der Waals surface area contributed by atoms with Gasteiger partial charge < -0.3 is 9.15 Å². The van der Waals surface area contributed by atoms with Crippen molar-refractivity contribution in [2.24, 2.45) is 0 Å². The molecule has 8 heteroatoms. The van der Waals surface area contributed by atoms with E-state index < -0.39 is 5.97 Å². The van der Waals surface area contributed by atoms with Crippen LogP contribution in [-0.4, -0.2) is 27.7 Å². The lowest BCUT2D eigenvalue weighted by Gasteiger charge is -2.00. The largest absolute Gasteiger partial charge is 0.465 e. The standard InChI is InChI=1S/C25H17N3O4S/c1-31-24(30)18-10-8-17(9-11-18)20-13-12-19(32-20)15-21-23(29)28-25(33-21)26-22(27-28)14-7-16-5-3-2-4-6-16/h2-15H,1H3. The summed E-state index contributed by atoms with van der Waals surface area (Å²) in [5.74, 6) is 1.24. The summed E-state index contributed by atoms with van der Waals surface area (Å²) in [5, 5.41) is 4.30. The highest BCUT2D eigenvalue weighted by Crippen LogP contribution is 2.23. The molecule has 0 N–H and O–H groups in total. The average molecular weight is 455 g/mol. The van der Waals surface area contributed by atoms with Crippen LogP contribution in [0, 0.1) is 0 Å². The number of aromatic nitrogens is 3. The van der Waals surface area contributed by atoms with Gasteiger partial charge in [0, 0.05) is 11.6 Å². The van der Waals surface area contributed by atoms with Gasteiger partial charge in [0.25, 0.3) is 5.56 Å². The summed E-state index contributed by atoms with van der Waals surface area (Å²) in [4.78, 5) is 29.3. The molecule has 0 atom stereocenters. The molecule has 0 fully saturated rings. The third-order valence-corrected chi connectivity index (χ3v) is 5.87. The van der Waals surface area contributed by atoms with Crippen molar-refractivity contribution >= 4 is 40.5 Å². The van der Waals surface area contributed by atoms with Crippen molar-refractivity contribution in [1.29, 1.82) is 0 Å². The molecule has 2 aromatic carbocycles. The smallest absolute Gasteiger partial charge is 0.337 e. The van der Waals surface area contributed by atoms with E-state index in [9.17, 15) is 9.59 Å². The third kappa shape index (κ3) is 4.24. The molecule has 0 radical (unpaired) electrons. The van der Waals surface area contributed by atoms with Crippen LogP contribution in [0.1, 0.15) is 27.5 Å². The number of carbonyl (C=O) groups excluding carboxylic acids is 1. The van der Waals surface area contributed by atoms with E-state index in [-0.39, 0.29) is 5.56 Å². The zero-order chi connectivity index (χ0) is 22.8. The third-order valence-electron chi connectivity index (χ3n) is 4.91. The number of benzene rings is 2. The van der Waals surface area contributed by atoms with E-state index in [0.29, 0.717) is 32.4 Å². The van der Waals surface area contributed by atoms with Gasteiger partial charge in [-0.05, 0) is 35.9 Å². The monoisotopic (exact) mass is 455 g/mol. The molecular weight excluding hydrogens is 438 g/mol. The van der Waals surface area contributed by atoms with Crippen LogP contribution in [0.15, 0.2) is 75.9 Å². The summed E-state index contributed by atoms with van der Waals surface area (Å²) >= 11 is 1.25. The first-order valence-corrected chi connectivity index (χ1v) is 10.9. The normalized spacial score (nSPS) is 12.1. The molecular formula is C25H17N3O4S. The lowest BCUT2D eigenvalue weighted by atomic mass is 10.1. The molecule has 0 aliphatic carbocycles. The number of ether oxygens (including phenoxy) is 1. The quantitative estimate of drug-likeness (QED) is 0.374. The number of fused-ring (bicyclic) bond motifs is 1. The Bertz CT molecular complexity index is 1580. The number of hydrogen-bond donors (Lipinski definition) is 0. The Balaban J connectivity index is 1.39. The van der Waals surface area contributed by atoms with Crippen LogP contribution < -0.4 is 10.1 Å². The second kappa shape index (κ2) is 8.68. The van der Waals surface area contributed by atoms with Crippen molar-refractivity contribution in [2.45, 2.75) is 0 Å². The van der Waals surface area contributed by atoms with Gasteiger partial charge in [-0.15, -0.1) is 5.10 Å². The number of nitrogens with zero attached hydrogens (tertiary/aromatic N) is 3. The van der Waals surface area contributed by atoms with Crippen LogP contribution in [0.25, 0.3) is 34.5 Å². The van der Waals surface area contributed by atoms with E-state index in [1.807, 2.05) is 42.5 Å². The van der Waals surface area contributed by atoms with E-state index >= 15 is 0 Å². The van der Waals surface area contributed by atoms with Crippen LogP contribution in [0.5, 0.6) is 0 Å². The van der Waals surface area contributed by atoms with Crippen molar-refractivity contribution in [3.63, 3.8) is 0 Å². The second-order valence-electron chi connectivity index (χ2n) is 7.10. The van der Waals surface area contributed by atoms with Crippen molar-refractivity contribution in [2.75, 3.05) is 7.11 Å². The minimum Gasteiger partial charge on any atom is -0.465 e. The highest BCUT2D eigenvalue weighted by atomic mass is 32.1. The maximum absolute atomic E-state index is 12.8. The number of carbonyl (C=O) groups is 1. The Hall–Kier alpha value is -4.30. The van der Waals surface area contributed by atoms with Gasteiger partial charge in [-0.25, -0.2) is 4.79 Å². The van der Waals surface area contributed by atoms with Crippen molar-refractivity contribution < 1.29 is 13.9 Å². The molecule has 0 unspecified atom stereocenters. The zero-order valence-electron chi connectivity index (χ0n) is 17.5. The minimum absolute atomic E-state index is 0.248. The van der Waals surface area contributed by atoms with E-state index in [1.165, 1.54) is 23.0 Å². The first kappa shape index (κ1) is 20.6. The van der Waals surface area contributed by atoms with Gasteiger partial charge in [0.05, 0.1) is 12.7 Å². The maximum Gasteiger partial charge on any atom is 0.337 e. The van der Waals surface area contributed by atoms with Gasteiger partial charge in [-0.3, -0.25) is 4.79 Å². The fourth-order valence-corrected chi connectivity index (χ4v) is 4.15. The molecule has 0 spiro atoms. The maximum atomic E-state index is 12.8. The molecule has 7 nitrogen and oxygen atoms in total. The molecule has 0 aliphatic heterocycles. The van der Waals surface area contributed by atoms with Crippen LogP contribution >= 0.6 is 11.3 Å². The molecule has 33 heavy (non-hydrogen) atoms. The van der Waals surface area contributed by atoms with Crippen LogP contribution in [0.2, 0.25) is 0 Å². The Morgan fingerprint density at radius 2 is 1.82 bits per heavy atom. The summed E-state index contributed by atoms with van der Waals surface area (Å²) in [7, 11) is 1.34. The van der Waals surface area contributed by atoms with E-state index in [2.05, 4.69) is 10.1 Å². The Kier molecular flexibility index (Phi) is 5.42. The second-order valence-corrected chi connectivity index (χ2v) is 8.10. The molecule has 0 saturated carbocycles. The molecule has 3 aromatic heterocycles. The lowest BCUT2D eigenvalue weighted by Crippen LogP contribution is -2.23. The lowest BCUT2D eigenvalue weighted by molar-refractivity contribution is 0.0600. The number of thiazole rings is 1. The molecule has 0 saturated heterocycles. The number of rotatable bonds is 5. The number of esters is 1. The average Bonchev–Trinajstić information content (AvgIpc) is 3.55. The fourth-order valence-electron chi connectivity index (χ4n) is 3.26. The predicted molar refractivity (Wildman–Crippen MR) is 127 cm³/mol. The van der Waals surface area contributed by atoms with Crippen LogP contribution in [0.3, 0.4) is 0 Å².